The first-order valence-corrected chi connectivity index (χ1v) is 7.65. The van der Waals surface area contributed by atoms with Crippen LogP contribution in [0.2, 0.25) is 0 Å². The van der Waals surface area contributed by atoms with Crippen LogP contribution in [0.1, 0.15) is 19.3 Å². The summed E-state index contributed by atoms with van der Waals surface area (Å²) in [6.45, 7) is 4.57. The lowest BCUT2D eigenvalue weighted by atomic mass is 10.1. The standard InChI is InChI=1S/C16H25N3O2/c1-21-15-8-4-3-7-14(15)18-16(20)13-17-9-12-19-10-5-2-6-11-19/h3-4,7-8,17H,2,5-6,9-13H2,1H3,(H,18,20). The number of carbonyl (C=O) groups excluding carboxylic acids is 1. The van der Waals surface area contributed by atoms with Gasteiger partial charge in [0.25, 0.3) is 0 Å². The minimum atomic E-state index is -0.0434. The normalized spacial score (nSPS) is 15.7. The van der Waals surface area contributed by atoms with E-state index in [4.69, 9.17) is 4.74 Å². The second-order valence-electron chi connectivity index (χ2n) is 5.33. The van der Waals surface area contributed by atoms with Gasteiger partial charge in [-0.15, -0.1) is 0 Å². The summed E-state index contributed by atoms with van der Waals surface area (Å²) in [7, 11) is 1.60. The van der Waals surface area contributed by atoms with Gasteiger partial charge in [-0.3, -0.25) is 4.79 Å². The van der Waals surface area contributed by atoms with Crippen LogP contribution >= 0.6 is 0 Å². The van der Waals surface area contributed by atoms with Crippen molar-refractivity contribution in [3.8, 4) is 5.75 Å². The topological polar surface area (TPSA) is 53.6 Å². The third kappa shape index (κ3) is 5.36. The van der Waals surface area contributed by atoms with Crippen molar-refractivity contribution in [2.75, 3.05) is 45.2 Å². The van der Waals surface area contributed by atoms with Crippen LogP contribution in [-0.2, 0) is 4.79 Å². The van der Waals surface area contributed by atoms with Gasteiger partial charge in [0, 0.05) is 13.1 Å². The minimum Gasteiger partial charge on any atom is -0.495 e. The molecule has 5 heteroatoms. The van der Waals surface area contributed by atoms with Crippen molar-refractivity contribution in [3.05, 3.63) is 24.3 Å². The van der Waals surface area contributed by atoms with Crippen LogP contribution in [0.15, 0.2) is 24.3 Å². The van der Waals surface area contributed by atoms with E-state index in [-0.39, 0.29) is 5.91 Å². The Labute approximate surface area is 126 Å². The Morgan fingerprint density at radius 2 is 2.00 bits per heavy atom. The smallest absolute Gasteiger partial charge is 0.238 e. The molecule has 5 nitrogen and oxygen atoms in total. The Kier molecular flexibility index (Phi) is 6.50. The molecule has 0 spiro atoms. The third-order valence-electron chi connectivity index (χ3n) is 3.72. The van der Waals surface area contributed by atoms with E-state index in [9.17, 15) is 4.79 Å². The summed E-state index contributed by atoms with van der Waals surface area (Å²) in [5, 5.41) is 6.06. The zero-order valence-corrected chi connectivity index (χ0v) is 12.7. The van der Waals surface area contributed by atoms with Crippen molar-refractivity contribution in [3.63, 3.8) is 0 Å². The van der Waals surface area contributed by atoms with Crippen molar-refractivity contribution >= 4 is 11.6 Å². The quantitative estimate of drug-likeness (QED) is 0.751. The molecule has 0 bridgehead atoms. The largest absolute Gasteiger partial charge is 0.495 e. The molecule has 1 aromatic rings. The molecule has 21 heavy (non-hydrogen) atoms. The molecule has 116 valence electrons. The Bertz CT molecular complexity index is 445. The number of nitrogens with zero attached hydrogens (tertiary/aromatic N) is 1. The van der Waals surface area contributed by atoms with E-state index in [1.54, 1.807) is 7.11 Å². The first-order chi connectivity index (χ1) is 10.3. The summed E-state index contributed by atoms with van der Waals surface area (Å²) in [5.74, 6) is 0.636. The maximum absolute atomic E-state index is 11.9. The summed E-state index contributed by atoms with van der Waals surface area (Å²) < 4.78 is 5.21. The maximum atomic E-state index is 11.9. The predicted molar refractivity (Wildman–Crippen MR) is 84.8 cm³/mol. The first kappa shape index (κ1) is 15.8. The average molecular weight is 291 g/mol. The monoisotopic (exact) mass is 291 g/mol. The minimum absolute atomic E-state index is 0.0434. The number of amides is 1. The average Bonchev–Trinajstić information content (AvgIpc) is 2.53. The first-order valence-electron chi connectivity index (χ1n) is 7.65. The lowest BCUT2D eigenvalue weighted by Gasteiger charge is -2.26. The third-order valence-corrected chi connectivity index (χ3v) is 3.72. The molecular weight excluding hydrogens is 266 g/mol. The molecule has 1 aliphatic rings. The van der Waals surface area contributed by atoms with E-state index < -0.39 is 0 Å². The number of anilines is 1. The number of likely N-dealkylation sites (tertiary alicyclic amines) is 1. The second-order valence-corrected chi connectivity index (χ2v) is 5.33. The van der Waals surface area contributed by atoms with Gasteiger partial charge in [0.15, 0.2) is 0 Å². The number of hydrogen-bond acceptors (Lipinski definition) is 4. The maximum Gasteiger partial charge on any atom is 0.238 e. The molecule has 1 aromatic carbocycles. The van der Waals surface area contributed by atoms with Gasteiger partial charge in [0.2, 0.25) is 5.91 Å². The zero-order valence-electron chi connectivity index (χ0n) is 12.7. The zero-order chi connectivity index (χ0) is 14.9. The van der Waals surface area contributed by atoms with Crippen molar-refractivity contribution < 1.29 is 9.53 Å². The Morgan fingerprint density at radius 3 is 2.76 bits per heavy atom. The molecule has 1 fully saturated rings. The highest BCUT2D eigenvalue weighted by Gasteiger charge is 2.10. The Balaban J connectivity index is 1.65. The summed E-state index contributed by atoms with van der Waals surface area (Å²) in [6.07, 6.45) is 3.95. The molecule has 1 heterocycles. The number of hydrogen-bond donors (Lipinski definition) is 2. The Morgan fingerprint density at radius 1 is 1.24 bits per heavy atom. The van der Waals surface area contributed by atoms with Gasteiger partial charge >= 0.3 is 0 Å². The molecule has 1 amide bonds. The van der Waals surface area contributed by atoms with Gasteiger partial charge in [-0.1, -0.05) is 18.6 Å². The predicted octanol–water partition coefficient (Wildman–Crippen LogP) is 1.71. The highest BCUT2D eigenvalue weighted by molar-refractivity contribution is 5.93. The molecule has 1 saturated heterocycles. The van der Waals surface area contributed by atoms with Gasteiger partial charge in [-0.05, 0) is 38.1 Å². The van der Waals surface area contributed by atoms with Gasteiger partial charge < -0.3 is 20.3 Å². The highest BCUT2D eigenvalue weighted by Crippen LogP contribution is 2.22. The van der Waals surface area contributed by atoms with E-state index in [0.717, 1.165) is 13.1 Å². The van der Waals surface area contributed by atoms with E-state index in [1.807, 2.05) is 24.3 Å². The number of benzene rings is 1. The van der Waals surface area contributed by atoms with Crippen LogP contribution in [0.5, 0.6) is 5.75 Å². The lowest BCUT2D eigenvalue weighted by Crippen LogP contribution is -2.38. The number of para-hydroxylation sites is 2. The summed E-state index contributed by atoms with van der Waals surface area (Å²) in [6, 6.07) is 7.43. The molecule has 2 N–H and O–H groups in total. The summed E-state index contributed by atoms with van der Waals surface area (Å²) in [4.78, 5) is 14.3. The molecule has 2 rings (SSSR count). The van der Waals surface area contributed by atoms with E-state index >= 15 is 0 Å². The van der Waals surface area contributed by atoms with Crippen molar-refractivity contribution in [1.82, 2.24) is 10.2 Å². The number of piperidine rings is 1. The van der Waals surface area contributed by atoms with Crippen LogP contribution in [0.25, 0.3) is 0 Å². The van der Waals surface area contributed by atoms with Crippen molar-refractivity contribution in [1.29, 1.82) is 0 Å². The van der Waals surface area contributed by atoms with Gasteiger partial charge in [0.05, 0.1) is 19.3 Å². The summed E-state index contributed by atoms with van der Waals surface area (Å²) >= 11 is 0. The number of rotatable bonds is 7. The fraction of sp³-hybridized carbons (Fsp3) is 0.562. The van der Waals surface area contributed by atoms with Crippen molar-refractivity contribution in [2.24, 2.45) is 0 Å². The molecule has 0 aromatic heterocycles. The van der Waals surface area contributed by atoms with E-state index in [0.29, 0.717) is 18.0 Å². The summed E-state index contributed by atoms with van der Waals surface area (Å²) in [5.41, 5.74) is 0.711. The second kappa shape index (κ2) is 8.64. The van der Waals surface area contributed by atoms with E-state index in [2.05, 4.69) is 15.5 Å². The van der Waals surface area contributed by atoms with Crippen LogP contribution in [0, 0.1) is 0 Å². The number of ether oxygens (including phenoxy) is 1. The number of carbonyl (C=O) groups is 1. The molecule has 0 aliphatic carbocycles. The molecular formula is C16H25N3O2. The van der Waals surface area contributed by atoms with Crippen LogP contribution in [0.4, 0.5) is 5.69 Å². The molecule has 1 aliphatic heterocycles. The van der Waals surface area contributed by atoms with Gasteiger partial charge in [-0.2, -0.15) is 0 Å². The highest BCUT2D eigenvalue weighted by atomic mass is 16.5. The van der Waals surface area contributed by atoms with Crippen molar-refractivity contribution in [2.45, 2.75) is 19.3 Å². The lowest BCUT2D eigenvalue weighted by molar-refractivity contribution is -0.115. The fourth-order valence-electron chi connectivity index (χ4n) is 2.56. The molecule has 0 atom stereocenters. The molecule has 0 radical (unpaired) electrons. The molecule has 0 saturated carbocycles. The Hall–Kier alpha value is -1.59. The SMILES string of the molecule is COc1ccccc1NC(=O)CNCCN1CCCCC1. The fourth-order valence-corrected chi connectivity index (χ4v) is 2.56. The van der Waals surface area contributed by atoms with Crippen LogP contribution < -0.4 is 15.4 Å². The van der Waals surface area contributed by atoms with Gasteiger partial charge in [0.1, 0.15) is 5.75 Å². The molecule has 0 unspecified atom stereocenters. The van der Waals surface area contributed by atoms with Crippen LogP contribution in [-0.4, -0.2) is 50.6 Å². The van der Waals surface area contributed by atoms with Crippen LogP contribution in [0.3, 0.4) is 0 Å². The number of nitrogens with one attached hydrogen (secondary N) is 2. The number of methoxy groups -OCH3 is 1. The van der Waals surface area contributed by atoms with E-state index in [1.165, 1.54) is 32.4 Å². The van der Waals surface area contributed by atoms with Gasteiger partial charge in [-0.25, -0.2) is 0 Å².